The molecule has 6 heteroatoms. The lowest BCUT2D eigenvalue weighted by molar-refractivity contribution is 0.404. The van der Waals surface area contributed by atoms with Crippen LogP contribution in [0.1, 0.15) is 22.0 Å². The Morgan fingerprint density at radius 1 is 1.32 bits per heavy atom. The van der Waals surface area contributed by atoms with Gasteiger partial charge in [0.15, 0.2) is 0 Å². The SMILES string of the molecule is COc1ccc(C)cc1C(NN)c1cc(Br)c(Br)s1. The Morgan fingerprint density at radius 3 is 2.58 bits per heavy atom. The van der Waals surface area contributed by atoms with Crippen LogP contribution in [0.2, 0.25) is 0 Å². The van der Waals surface area contributed by atoms with Crippen LogP contribution in [-0.2, 0) is 0 Å². The van der Waals surface area contributed by atoms with E-state index in [1.807, 2.05) is 12.1 Å². The van der Waals surface area contributed by atoms with E-state index in [1.165, 1.54) is 5.56 Å². The molecule has 2 rings (SSSR count). The summed E-state index contributed by atoms with van der Waals surface area (Å²) in [6.45, 7) is 2.05. The number of nitrogens with one attached hydrogen (secondary N) is 1. The fourth-order valence-electron chi connectivity index (χ4n) is 1.91. The van der Waals surface area contributed by atoms with Crippen molar-refractivity contribution in [2.24, 2.45) is 5.84 Å². The van der Waals surface area contributed by atoms with Gasteiger partial charge < -0.3 is 4.74 Å². The fraction of sp³-hybridized carbons (Fsp3) is 0.231. The highest BCUT2D eigenvalue weighted by Crippen LogP contribution is 2.39. The van der Waals surface area contributed by atoms with Crippen LogP contribution in [0, 0.1) is 6.92 Å². The van der Waals surface area contributed by atoms with Crippen molar-refractivity contribution in [3.63, 3.8) is 0 Å². The molecule has 0 amide bonds. The van der Waals surface area contributed by atoms with Gasteiger partial charge in [0.25, 0.3) is 0 Å². The zero-order chi connectivity index (χ0) is 14.0. The van der Waals surface area contributed by atoms with Crippen molar-refractivity contribution in [1.82, 2.24) is 5.43 Å². The van der Waals surface area contributed by atoms with Crippen molar-refractivity contribution < 1.29 is 4.74 Å². The van der Waals surface area contributed by atoms with Gasteiger partial charge in [-0.1, -0.05) is 17.7 Å². The summed E-state index contributed by atoms with van der Waals surface area (Å²) in [6, 6.07) is 8.04. The summed E-state index contributed by atoms with van der Waals surface area (Å²) < 4.78 is 7.50. The molecule has 0 bridgehead atoms. The molecule has 0 spiro atoms. The number of benzene rings is 1. The molecule has 0 aliphatic heterocycles. The molecule has 2 aromatic rings. The third kappa shape index (κ3) is 3.20. The van der Waals surface area contributed by atoms with Gasteiger partial charge in [-0.05, 0) is 50.9 Å². The summed E-state index contributed by atoms with van der Waals surface area (Å²) in [4.78, 5) is 1.12. The van der Waals surface area contributed by atoms with Gasteiger partial charge in [0.1, 0.15) is 5.75 Å². The van der Waals surface area contributed by atoms with E-state index in [9.17, 15) is 0 Å². The highest BCUT2D eigenvalue weighted by Gasteiger charge is 2.20. The average Bonchev–Trinajstić information content (AvgIpc) is 2.70. The van der Waals surface area contributed by atoms with Crippen LogP contribution in [0.15, 0.2) is 32.5 Å². The highest BCUT2D eigenvalue weighted by molar-refractivity contribution is 9.13. The van der Waals surface area contributed by atoms with Gasteiger partial charge in [0.2, 0.25) is 0 Å². The van der Waals surface area contributed by atoms with Crippen molar-refractivity contribution >= 4 is 43.2 Å². The van der Waals surface area contributed by atoms with Gasteiger partial charge in [0, 0.05) is 14.9 Å². The van der Waals surface area contributed by atoms with Crippen LogP contribution in [-0.4, -0.2) is 7.11 Å². The molecule has 3 nitrogen and oxygen atoms in total. The monoisotopic (exact) mass is 404 g/mol. The Kier molecular flexibility index (Phi) is 5.03. The highest BCUT2D eigenvalue weighted by atomic mass is 79.9. The molecule has 0 saturated carbocycles. The van der Waals surface area contributed by atoms with Gasteiger partial charge >= 0.3 is 0 Å². The van der Waals surface area contributed by atoms with E-state index in [0.717, 1.165) is 24.4 Å². The number of rotatable bonds is 4. The summed E-state index contributed by atoms with van der Waals surface area (Å²) in [6.07, 6.45) is 0. The van der Waals surface area contributed by atoms with E-state index in [4.69, 9.17) is 10.6 Å². The summed E-state index contributed by atoms with van der Waals surface area (Å²) in [7, 11) is 1.67. The van der Waals surface area contributed by atoms with Crippen LogP contribution in [0.25, 0.3) is 0 Å². The van der Waals surface area contributed by atoms with Gasteiger partial charge in [0.05, 0.1) is 16.9 Å². The number of methoxy groups -OCH3 is 1. The summed E-state index contributed by atoms with van der Waals surface area (Å²) >= 11 is 8.65. The van der Waals surface area contributed by atoms with Crippen LogP contribution in [0.3, 0.4) is 0 Å². The fourth-order valence-corrected chi connectivity index (χ4v) is 4.08. The van der Waals surface area contributed by atoms with E-state index in [0.29, 0.717) is 0 Å². The van der Waals surface area contributed by atoms with Crippen LogP contribution >= 0.6 is 43.2 Å². The first-order chi connectivity index (χ1) is 9.06. The average molecular weight is 406 g/mol. The normalized spacial score (nSPS) is 12.5. The number of nitrogens with two attached hydrogens (primary N) is 1. The van der Waals surface area contributed by atoms with Crippen molar-refractivity contribution in [2.45, 2.75) is 13.0 Å². The minimum Gasteiger partial charge on any atom is -0.496 e. The molecular formula is C13H14Br2N2OS. The molecular weight excluding hydrogens is 392 g/mol. The van der Waals surface area contributed by atoms with E-state index in [-0.39, 0.29) is 6.04 Å². The molecule has 0 radical (unpaired) electrons. The second-order valence-corrected chi connectivity index (χ2v) is 7.37. The number of halogens is 2. The molecule has 19 heavy (non-hydrogen) atoms. The smallest absolute Gasteiger partial charge is 0.124 e. The minimum absolute atomic E-state index is 0.0950. The summed E-state index contributed by atoms with van der Waals surface area (Å²) in [5.74, 6) is 6.57. The minimum atomic E-state index is -0.0950. The predicted molar refractivity (Wildman–Crippen MR) is 86.6 cm³/mol. The Bertz CT molecular complexity index is 567. The standard InChI is InChI=1S/C13H14Br2N2OS/c1-7-3-4-10(18-2)8(5-7)12(17-16)11-6-9(14)13(15)19-11/h3-6,12,17H,16H2,1-2H3. The second-order valence-electron chi connectivity index (χ2n) is 4.12. The summed E-state index contributed by atoms with van der Waals surface area (Å²) in [5, 5.41) is 0. The zero-order valence-corrected chi connectivity index (χ0v) is 14.5. The van der Waals surface area contributed by atoms with E-state index >= 15 is 0 Å². The maximum absolute atomic E-state index is 5.74. The number of thiophene rings is 1. The molecule has 1 unspecified atom stereocenters. The first kappa shape index (κ1) is 15.0. The van der Waals surface area contributed by atoms with Gasteiger partial charge in [-0.3, -0.25) is 5.84 Å². The van der Waals surface area contributed by atoms with E-state index in [2.05, 4.69) is 56.3 Å². The molecule has 0 saturated heterocycles. The van der Waals surface area contributed by atoms with Gasteiger partial charge in [-0.2, -0.15) is 0 Å². The Hall–Kier alpha value is -0.400. The number of aryl methyl sites for hydroxylation is 1. The Labute approximate surface area is 133 Å². The molecule has 1 heterocycles. The zero-order valence-electron chi connectivity index (χ0n) is 10.5. The van der Waals surface area contributed by atoms with Gasteiger partial charge in [-0.15, -0.1) is 11.3 Å². The van der Waals surface area contributed by atoms with Crippen molar-refractivity contribution in [2.75, 3.05) is 7.11 Å². The third-order valence-electron chi connectivity index (χ3n) is 2.81. The Balaban J connectivity index is 2.50. The van der Waals surface area contributed by atoms with Crippen LogP contribution in [0.5, 0.6) is 5.75 Å². The molecule has 0 aliphatic carbocycles. The van der Waals surface area contributed by atoms with Gasteiger partial charge in [-0.25, -0.2) is 5.43 Å². The number of ether oxygens (including phenoxy) is 1. The third-order valence-corrected chi connectivity index (χ3v) is 6.13. The maximum atomic E-state index is 5.74. The van der Waals surface area contributed by atoms with Crippen molar-refractivity contribution in [3.8, 4) is 5.75 Å². The summed E-state index contributed by atoms with van der Waals surface area (Å²) in [5.41, 5.74) is 5.07. The largest absolute Gasteiger partial charge is 0.496 e. The van der Waals surface area contributed by atoms with E-state index < -0.39 is 0 Å². The lowest BCUT2D eigenvalue weighted by Crippen LogP contribution is -2.28. The number of hydrogen-bond acceptors (Lipinski definition) is 4. The maximum Gasteiger partial charge on any atom is 0.124 e. The van der Waals surface area contributed by atoms with Crippen molar-refractivity contribution in [1.29, 1.82) is 0 Å². The first-order valence-corrected chi connectivity index (χ1v) is 8.02. The molecule has 3 N–H and O–H groups in total. The molecule has 0 fully saturated rings. The Morgan fingerprint density at radius 2 is 2.05 bits per heavy atom. The van der Waals surface area contributed by atoms with E-state index in [1.54, 1.807) is 18.4 Å². The van der Waals surface area contributed by atoms with Crippen LogP contribution < -0.4 is 16.0 Å². The van der Waals surface area contributed by atoms with Crippen molar-refractivity contribution in [3.05, 3.63) is 48.5 Å². The molecule has 102 valence electrons. The topological polar surface area (TPSA) is 47.3 Å². The molecule has 1 aromatic carbocycles. The number of hydrazine groups is 1. The molecule has 1 aromatic heterocycles. The quantitative estimate of drug-likeness (QED) is 0.593. The second kappa shape index (κ2) is 6.37. The lowest BCUT2D eigenvalue weighted by atomic mass is 10.0. The predicted octanol–water partition coefficient (Wildman–Crippen LogP) is 4.14. The number of hydrogen-bond donors (Lipinski definition) is 2. The molecule has 0 aliphatic rings. The van der Waals surface area contributed by atoms with Crippen LogP contribution in [0.4, 0.5) is 0 Å². The lowest BCUT2D eigenvalue weighted by Gasteiger charge is -2.18. The molecule has 1 atom stereocenters. The first-order valence-electron chi connectivity index (χ1n) is 5.62.